The van der Waals surface area contributed by atoms with Crippen molar-refractivity contribution < 1.29 is 25.0 Å². The predicted octanol–water partition coefficient (Wildman–Crippen LogP) is 4.62. The van der Waals surface area contributed by atoms with Crippen molar-refractivity contribution in [2.75, 3.05) is 32.8 Å². The molecule has 0 aromatic rings. The van der Waals surface area contributed by atoms with Gasteiger partial charge in [0.1, 0.15) is 13.1 Å². The van der Waals surface area contributed by atoms with Crippen molar-refractivity contribution in [3.63, 3.8) is 0 Å². The monoisotopic (exact) mass is 474 g/mol. The van der Waals surface area contributed by atoms with Gasteiger partial charge in [0.05, 0.1) is 13.2 Å². The average molecular weight is 475 g/mol. The van der Waals surface area contributed by atoms with Crippen LogP contribution < -0.4 is 0 Å². The van der Waals surface area contributed by atoms with Crippen molar-refractivity contribution in [3.05, 3.63) is 0 Å². The van der Waals surface area contributed by atoms with Gasteiger partial charge >= 0.3 is 5.97 Å². The number of unbranched alkanes of at least 4 members (excludes halogenated alkanes) is 14. The first-order valence-corrected chi connectivity index (χ1v) is 12.4. The molecule has 0 aliphatic carbocycles. The summed E-state index contributed by atoms with van der Waals surface area (Å²) >= 11 is 0. The van der Waals surface area contributed by atoms with Crippen LogP contribution in [0.5, 0.6) is 0 Å². The molecule has 0 aromatic heterocycles. The van der Waals surface area contributed by atoms with Crippen molar-refractivity contribution in [3.8, 4) is 0 Å². The van der Waals surface area contributed by atoms with Crippen LogP contribution in [0.4, 0.5) is 0 Å². The zero-order chi connectivity index (χ0) is 21.2. The largest absolute Gasteiger partial charge is 0.870 e. The number of aliphatic imine (C=N–C) groups is 1. The first-order valence-electron chi connectivity index (χ1n) is 12.4. The summed E-state index contributed by atoms with van der Waals surface area (Å²) in [4.78, 5) is 15.8. The number of amidine groups is 1. The summed E-state index contributed by atoms with van der Waals surface area (Å²) in [6, 6.07) is 0. The van der Waals surface area contributed by atoms with Gasteiger partial charge in [0.25, 0.3) is 0 Å². The first kappa shape index (κ1) is 37.6. The Hall–Kier alpha value is 1.02. The predicted molar refractivity (Wildman–Crippen MR) is 135 cm³/mol. The van der Waals surface area contributed by atoms with E-state index in [-0.39, 0.29) is 77.7 Å². The second-order valence-corrected chi connectivity index (χ2v) is 8.87. The van der Waals surface area contributed by atoms with Crippen LogP contribution >= 0.6 is 0 Å². The van der Waals surface area contributed by atoms with E-state index in [1.165, 1.54) is 89.9 Å². The Balaban J connectivity index is -0.00000280. The van der Waals surface area contributed by atoms with Crippen LogP contribution in [-0.4, -0.2) is 124 Å². The van der Waals surface area contributed by atoms with Gasteiger partial charge in [0.15, 0.2) is 12.4 Å². The van der Waals surface area contributed by atoms with Crippen LogP contribution in [0, 0.1) is 0 Å². The maximum Gasteiger partial charge on any atom is 0.359 e. The molecule has 32 heavy (non-hydrogen) atoms. The molecular weight excluding hydrogens is 426 g/mol. The Morgan fingerprint density at radius 2 is 1.28 bits per heavy atom. The number of quaternary nitrogens is 1. The molecule has 0 bridgehead atoms. The summed E-state index contributed by atoms with van der Waals surface area (Å²) in [5.41, 5.74) is 0. The summed E-state index contributed by atoms with van der Waals surface area (Å²) in [5.74, 6) is 0.195. The van der Waals surface area contributed by atoms with Crippen LogP contribution in [-0.2, 0) is 4.79 Å². The SMILES string of the molecule is CCCCCCCCCCCCCCCCCC1=NCC[N+]1(CCO)CC(=O)O.[Na].[Na].[OH-]. The second-order valence-electron chi connectivity index (χ2n) is 8.87. The molecule has 3 N–H and O–H groups in total. The molecule has 1 unspecified atom stereocenters. The molecule has 8 heteroatoms. The topological polar surface area (TPSA) is 99.9 Å². The Bertz CT molecular complexity index is 467. The fraction of sp³-hybridized carbons (Fsp3) is 0.917. The van der Waals surface area contributed by atoms with Crippen LogP contribution in [0.15, 0.2) is 4.99 Å². The normalized spacial score (nSPS) is 17.1. The Morgan fingerprint density at radius 1 is 0.844 bits per heavy atom. The van der Waals surface area contributed by atoms with Gasteiger partial charge in [-0.05, 0) is 6.42 Å². The van der Waals surface area contributed by atoms with E-state index in [2.05, 4.69) is 11.9 Å². The molecule has 0 saturated carbocycles. The van der Waals surface area contributed by atoms with E-state index in [1.807, 2.05) is 0 Å². The van der Waals surface area contributed by atoms with Gasteiger partial charge in [-0.2, -0.15) is 0 Å². The number of nitrogens with zero attached hydrogens (tertiary/aromatic N) is 2. The van der Waals surface area contributed by atoms with Gasteiger partial charge in [-0.25, -0.2) is 9.79 Å². The number of carboxylic acids is 1. The summed E-state index contributed by atoms with van der Waals surface area (Å²) in [5, 5.41) is 18.6. The molecule has 180 valence electrons. The van der Waals surface area contributed by atoms with Crippen molar-refractivity contribution in [1.82, 2.24) is 0 Å². The van der Waals surface area contributed by atoms with E-state index in [0.717, 1.165) is 25.2 Å². The van der Waals surface area contributed by atoms with Gasteiger partial charge in [-0.15, -0.1) is 0 Å². The van der Waals surface area contributed by atoms with Gasteiger partial charge in [0, 0.05) is 65.5 Å². The molecule has 0 fully saturated rings. The number of rotatable bonds is 20. The Kier molecular flexibility index (Phi) is 29.5. The second kappa shape index (κ2) is 25.1. The quantitative estimate of drug-likeness (QED) is 0.153. The van der Waals surface area contributed by atoms with E-state index in [9.17, 15) is 15.0 Å². The standard InChI is InChI=1S/C24H46N2O3.2Na.H2O/c1-2-3-4-5-6-7-8-9-10-11-12-13-14-15-16-17-23-25-18-19-26(23,20-21-27)22-24(28)29;;;/h27H,2-22H2,1H3;;;1H2. The smallest absolute Gasteiger partial charge is 0.359 e. The molecule has 1 heterocycles. The maximum absolute atomic E-state index is 11.2. The molecular formula is C24H48N2Na2O4. The van der Waals surface area contributed by atoms with Gasteiger partial charge < -0.3 is 15.7 Å². The van der Waals surface area contributed by atoms with Crippen LogP contribution in [0.25, 0.3) is 0 Å². The number of hydrogen-bond donors (Lipinski definition) is 2. The molecule has 2 radical (unpaired) electrons. The summed E-state index contributed by atoms with van der Waals surface area (Å²) in [6.45, 7) is 4.24. The first-order chi connectivity index (χ1) is 14.1. The van der Waals surface area contributed by atoms with Crippen molar-refractivity contribution in [1.29, 1.82) is 0 Å². The molecule has 0 amide bonds. The van der Waals surface area contributed by atoms with Crippen LogP contribution in [0.3, 0.4) is 0 Å². The average Bonchev–Trinajstić information content (AvgIpc) is 3.06. The van der Waals surface area contributed by atoms with E-state index < -0.39 is 5.97 Å². The number of carboxylic acid groups (broad SMARTS) is 1. The fourth-order valence-corrected chi connectivity index (χ4v) is 4.56. The summed E-state index contributed by atoms with van der Waals surface area (Å²) in [7, 11) is 0. The number of carbonyl (C=O) groups is 1. The minimum absolute atomic E-state index is 0. The van der Waals surface area contributed by atoms with Gasteiger partial charge in [0.2, 0.25) is 0 Å². The summed E-state index contributed by atoms with van der Waals surface area (Å²) in [6.07, 6.45) is 21.1. The summed E-state index contributed by atoms with van der Waals surface area (Å²) < 4.78 is 0.366. The third kappa shape index (κ3) is 17.5. The minimum Gasteiger partial charge on any atom is -0.870 e. The number of aliphatic hydroxyl groups excluding tert-OH is 1. The van der Waals surface area contributed by atoms with E-state index in [4.69, 9.17) is 0 Å². The molecule has 1 aliphatic heterocycles. The molecule has 1 atom stereocenters. The maximum atomic E-state index is 11.2. The number of hydrogen-bond acceptors (Lipinski definition) is 4. The van der Waals surface area contributed by atoms with Gasteiger partial charge in [-0.1, -0.05) is 96.8 Å². The molecule has 1 rings (SSSR count). The molecule has 0 spiro atoms. The molecule has 0 saturated heterocycles. The zero-order valence-electron chi connectivity index (χ0n) is 21.5. The van der Waals surface area contributed by atoms with Gasteiger partial charge in [-0.3, -0.25) is 4.48 Å². The Labute approximate surface area is 241 Å². The van der Waals surface area contributed by atoms with Crippen LogP contribution in [0.2, 0.25) is 0 Å². The number of aliphatic carboxylic acids is 1. The van der Waals surface area contributed by atoms with Crippen LogP contribution in [0.1, 0.15) is 110 Å². The minimum atomic E-state index is -0.801. The zero-order valence-corrected chi connectivity index (χ0v) is 25.5. The third-order valence-electron chi connectivity index (χ3n) is 6.34. The van der Waals surface area contributed by atoms with E-state index in [1.54, 1.807) is 0 Å². The molecule has 6 nitrogen and oxygen atoms in total. The molecule has 1 aliphatic rings. The Morgan fingerprint density at radius 3 is 1.69 bits per heavy atom. The van der Waals surface area contributed by atoms with Crippen molar-refractivity contribution in [2.24, 2.45) is 4.99 Å². The fourth-order valence-electron chi connectivity index (χ4n) is 4.56. The molecule has 0 aromatic carbocycles. The number of aliphatic hydroxyl groups is 1. The third-order valence-corrected chi connectivity index (χ3v) is 6.34. The van der Waals surface area contributed by atoms with E-state index >= 15 is 0 Å². The van der Waals surface area contributed by atoms with E-state index in [0.29, 0.717) is 17.6 Å². The van der Waals surface area contributed by atoms with Crippen molar-refractivity contribution in [2.45, 2.75) is 110 Å². The van der Waals surface area contributed by atoms with Crippen molar-refractivity contribution >= 4 is 70.9 Å².